The molecule has 1 aromatic carbocycles. The van der Waals surface area contributed by atoms with Gasteiger partial charge in [0.1, 0.15) is 17.6 Å². The van der Waals surface area contributed by atoms with E-state index in [0.29, 0.717) is 19.0 Å². The fourth-order valence-corrected chi connectivity index (χ4v) is 3.48. The predicted molar refractivity (Wildman–Crippen MR) is 127 cm³/mol. The Morgan fingerprint density at radius 2 is 2.17 bits per heavy atom. The van der Waals surface area contributed by atoms with Crippen molar-refractivity contribution in [2.24, 2.45) is 4.99 Å². The molecule has 0 saturated heterocycles. The molecule has 0 fully saturated rings. The number of hydrogen-bond acceptors (Lipinski definition) is 5. The number of aliphatic imine (C=N–C) groups is 1. The lowest BCUT2D eigenvalue weighted by atomic mass is 10.1. The number of aromatic nitrogens is 3. The van der Waals surface area contributed by atoms with E-state index in [0.717, 1.165) is 41.5 Å². The summed E-state index contributed by atoms with van der Waals surface area (Å²) in [5, 5.41) is 15.0. The van der Waals surface area contributed by atoms with Crippen molar-refractivity contribution in [3.63, 3.8) is 0 Å². The van der Waals surface area contributed by atoms with E-state index in [9.17, 15) is 0 Å². The van der Waals surface area contributed by atoms with E-state index in [1.54, 1.807) is 7.11 Å². The monoisotopic (exact) mass is 522 g/mol. The van der Waals surface area contributed by atoms with E-state index in [1.165, 1.54) is 5.56 Å². The quantitative estimate of drug-likeness (QED) is 0.294. The van der Waals surface area contributed by atoms with Gasteiger partial charge >= 0.3 is 0 Å². The molecule has 0 amide bonds. The van der Waals surface area contributed by atoms with Crippen LogP contribution in [-0.2, 0) is 19.5 Å². The summed E-state index contributed by atoms with van der Waals surface area (Å²) >= 11 is 0. The number of ether oxygens (including phenoxy) is 2. The molecule has 0 spiro atoms. The lowest BCUT2D eigenvalue weighted by Gasteiger charge is -2.13. The van der Waals surface area contributed by atoms with Crippen molar-refractivity contribution in [3.05, 3.63) is 53.5 Å². The van der Waals surface area contributed by atoms with E-state index in [2.05, 4.69) is 33.8 Å². The van der Waals surface area contributed by atoms with Crippen LogP contribution >= 0.6 is 24.0 Å². The number of hydrogen-bond donors (Lipinski definition) is 2. The standard InChI is InChI=1S/C21H26N6O2.HI/c1-4-22-21(24-13-20-26-25-19-7-5-6-8-27(19)20)23-12-16-11-18-15(9-14(2)29-18)10-17(16)28-3;/h5-8,10-11,14H,4,9,12-13H2,1-3H3,(H2,22,23,24);1H. The average Bonchev–Trinajstić information content (AvgIpc) is 3.31. The fourth-order valence-electron chi connectivity index (χ4n) is 3.48. The highest BCUT2D eigenvalue weighted by molar-refractivity contribution is 14.0. The zero-order valence-corrected chi connectivity index (χ0v) is 19.7. The van der Waals surface area contributed by atoms with Crippen LogP contribution in [0, 0.1) is 0 Å². The number of methoxy groups -OCH3 is 1. The molecule has 0 radical (unpaired) electrons. The zero-order valence-electron chi connectivity index (χ0n) is 17.4. The van der Waals surface area contributed by atoms with Crippen molar-refractivity contribution in [2.45, 2.75) is 39.5 Å². The summed E-state index contributed by atoms with van der Waals surface area (Å²) in [5.41, 5.74) is 3.00. The molecule has 3 aromatic rings. The Hall–Kier alpha value is -2.56. The summed E-state index contributed by atoms with van der Waals surface area (Å²) in [7, 11) is 1.69. The fraction of sp³-hybridized carbons (Fsp3) is 0.381. The molecule has 0 bridgehead atoms. The lowest BCUT2D eigenvalue weighted by Crippen LogP contribution is -2.37. The summed E-state index contributed by atoms with van der Waals surface area (Å²) in [6.07, 6.45) is 3.06. The van der Waals surface area contributed by atoms with Crippen LogP contribution in [0.3, 0.4) is 0 Å². The normalized spacial score (nSPS) is 15.3. The Balaban J connectivity index is 0.00000256. The number of benzene rings is 1. The second kappa shape index (κ2) is 9.96. The third-order valence-electron chi connectivity index (χ3n) is 4.85. The molecule has 160 valence electrons. The Bertz CT molecular complexity index is 1040. The average molecular weight is 522 g/mol. The maximum atomic E-state index is 5.89. The van der Waals surface area contributed by atoms with Crippen LogP contribution in [-0.4, -0.2) is 40.3 Å². The van der Waals surface area contributed by atoms with Crippen molar-refractivity contribution in [1.29, 1.82) is 0 Å². The van der Waals surface area contributed by atoms with Gasteiger partial charge in [-0.25, -0.2) is 4.99 Å². The Morgan fingerprint density at radius 1 is 1.30 bits per heavy atom. The largest absolute Gasteiger partial charge is 0.496 e. The SMILES string of the molecule is CCNC(=NCc1cc2c(cc1OC)CC(C)O2)NCc1nnc2ccccn12.I. The Morgan fingerprint density at radius 3 is 2.97 bits per heavy atom. The summed E-state index contributed by atoms with van der Waals surface area (Å²) in [6.45, 7) is 5.86. The molecule has 9 heteroatoms. The van der Waals surface area contributed by atoms with Crippen molar-refractivity contribution in [1.82, 2.24) is 25.2 Å². The minimum atomic E-state index is 0. The molecule has 0 aliphatic carbocycles. The number of nitrogens with zero attached hydrogens (tertiary/aromatic N) is 4. The second-order valence-electron chi connectivity index (χ2n) is 7.00. The van der Waals surface area contributed by atoms with Gasteiger partial charge in [0.2, 0.25) is 0 Å². The first-order valence-corrected chi connectivity index (χ1v) is 9.85. The number of halogens is 1. The van der Waals surface area contributed by atoms with Gasteiger partial charge in [-0.05, 0) is 38.1 Å². The molecule has 8 nitrogen and oxygen atoms in total. The Labute approximate surface area is 193 Å². The van der Waals surface area contributed by atoms with E-state index in [1.807, 2.05) is 41.8 Å². The van der Waals surface area contributed by atoms with E-state index in [-0.39, 0.29) is 30.1 Å². The molecule has 3 heterocycles. The highest BCUT2D eigenvalue weighted by atomic mass is 127. The van der Waals surface area contributed by atoms with Gasteiger partial charge in [-0.1, -0.05) is 6.07 Å². The van der Waals surface area contributed by atoms with Crippen LogP contribution in [0.5, 0.6) is 11.5 Å². The molecule has 1 aliphatic heterocycles. The second-order valence-corrected chi connectivity index (χ2v) is 7.00. The first-order valence-electron chi connectivity index (χ1n) is 9.85. The van der Waals surface area contributed by atoms with Gasteiger partial charge in [0, 0.05) is 30.3 Å². The van der Waals surface area contributed by atoms with Crippen molar-refractivity contribution < 1.29 is 9.47 Å². The summed E-state index contributed by atoms with van der Waals surface area (Å²) < 4.78 is 13.4. The summed E-state index contributed by atoms with van der Waals surface area (Å²) in [5.74, 6) is 3.29. The summed E-state index contributed by atoms with van der Waals surface area (Å²) in [4.78, 5) is 4.72. The number of pyridine rings is 1. The molecular formula is C21H27IN6O2. The van der Waals surface area contributed by atoms with Crippen LogP contribution < -0.4 is 20.1 Å². The molecule has 30 heavy (non-hydrogen) atoms. The van der Waals surface area contributed by atoms with Crippen LogP contribution in [0.25, 0.3) is 5.65 Å². The van der Waals surface area contributed by atoms with Crippen molar-refractivity contribution >= 4 is 35.6 Å². The van der Waals surface area contributed by atoms with E-state index >= 15 is 0 Å². The zero-order chi connectivity index (χ0) is 20.2. The molecular weight excluding hydrogens is 495 g/mol. The smallest absolute Gasteiger partial charge is 0.191 e. The van der Waals surface area contributed by atoms with Crippen LogP contribution in [0.2, 0.25) is 0 Å². The van der Waals surface area contributed by atoms with Gasteiger partial charge in [-0.3, -0.25) is 4.40 Å². The van der Waals surface area contributed by atoms with Crippen LogP contribution in [0.4, 0.5) is 0 Å². The van der Waals surface area contributed by atoms with E-state index < -0.39 is 0 Å². The molecule has 4 rings (SSSR count). The van der Waals surface area contributed by atoms with Gasteiger partial charge in [0.15, 0.2) is 17.4 Å². The minimum absolute atomic E-state index is 0. The molecule has 2 aromatic heterocycles. The highest BCUT2D eigenvalue weighted by Gasteiger charge is 2.21. The van der Waals surface area contributed by atoms with Gasteiger partial charge in [0.05, 0.1) is 20.2 Å². The number of fused-ring (bicyclic) bond motifs is 2. The molecule has 1 unspecified atom stereocenters. The number of guanidine groups is 1. The van der Waals surface area contributed by atoms with E-state index in [4.69, 9.17) is 14.5 Å². The van der Waals surface area contributed by atoms with Crippen LogP contribution in [0.15, 0.2) is 41.5 Å². The first-order chi connectivity index (χ1) is 14.2. The third kappa shape index (κ3) is 4.77. The van der Waals surface area contributed by atoms with Crippen molar-refractivity contribution in [3.8, 4) is 11.5 Å². The van der Waals surface area contributed by atoms with Crippen molar-refractivity contribution in [2.75, 3.05) is 13.7 Å². The Kier molecular flexibility index (Phi) is 7.35. The van der Waals surface area contributed by atoms with Gasteiger partial charge in [-0.15, -0.1) is 34.2 Å². The van der Waals surface area contributed by atoms with Gasteiger partial charge in [-0.2, -0.15) is 0 Å². The third-order valence-corrected chi connectivity index (χ3v) is 4.85. The lowest BCUT2D eigenvalue weighted by molar-refractivity contribution is 0.254. The maximum absolute atomic E-state index is 5.89. The number of rotatable bonds is 6. The topological polar surface area (TPSA) is 85.1 Å². The first kappa shape index (κ1) is 22.1. The molecule has 1 aliphatic rings. The summed E-state index contributed by atoms with van der Waals surface area (Å²) in [6, 6.07) is 9.94. The molecule has 0 saturated carbocycles. The maximum Gasteiger partial charge on any atom is 0.191 e. The van der Waals surface area contributed by atoms with Crippen LogP contribution in [0.1, 0.15) is 30.8 Å². The highest BCUT2D eigenvalue weighted by Crippen LogP contribution is 2.35. The molecule has 2 N–H and O–H groups in total. The number of nitrogens with one attached hydrogen (secondary N) is 2. The predicted octanol–water partition coefficient (Wildman–Crippen LogP) is 2.93. The van der Waals surface area contributed by atoms with Gasteiger partial charge in [0.25, 0.3) is 0 Å². The molecule has 1 atom stereocenters. The van der Waals surface area contributed by atoms with Gasteiger partial charge < -0.3 is 20.1 Å². The minimum Gasteiger partial charge on any atom is -0.496 e.